The van der Waals surface area contributed by atoms with Gasteiger partial charge in [-0.05, 0) is 11.8 Å². The molecule has 2 unspecified atom stereocenters. The normalized spacial score (nSPS) is 14.0. The average molecular weight is 224 g/mol. The fourth-order valence-electron chi connectivity index (χ4n) is 2.04. The van der Waals surface area contributed by atoms with Gasteiger partial charge in [-0.15, -0.1) is 0 Å². The molecule has 0 aromatic heterocycles. The Kier molecular flexibility index (Phi) is 9.70. The average Bonchev–Trinajstić information content (AvgIpc) is 2.12. The molecule has 0 rings (SSSR count). The van der Waals surface area contributed by atoms with Crippen molar-refractivity contribution in [2.75, 3.05) is 0 Å². The minimum atomic E-state index is -1.28. The molecule has 2 N–H and O–H groups in total. The van der Waals surface area contributed by atoms with Gasteiger partial charge in [0.1, 0.15) is 0 Å². The first-order valence-electron chi connectivity index (χ1n) is 5.41. The molecule has 0 saturated heterocycles. The smallest absolute Gasteiger partial charge is 1.00 e. The van der Waals surface area contributed by atoms with Gasteiger partial charge in [0.25, 0.3) is 0 Å². The molecule has 0 radical (unpaired) electrons. The van der Waals surface area contributed by atoms with Crippen molar-refractivity contribution in [2.24, 2.45) is 17.8 Å². The van der Waals surface area contributed by atoms with Gasteiger partial charge >= 0.3 is 30.8 Å². The molecule has 0 aliphatic rings. The molecule has 0 aliphatic carbocycles. The molecular formula is C11H21LiO4. The molecule has 0 spiro atoms. The second-order valence-corrected chi connectivity index (χ2v) is 3.97. The maximum atomic E-state index is 10.8. The number of aliphatic carboxylic acids is 2. The van der Waals surface area contributed by atoms with Gasteiger partial charge in [0.2, 0.25) is 0 Å². The predicted octanol–water partition coefficient (Wildman–Crippen LogP) is -0.649. The third kappa shape index (κ3) is 5.04. The van der Waals surface area contributed by atoms with E-state index in [9.17, 15) is 9.59 Å². The van der Waals surface area contributed by atoms with E-state index in [0.717, 1.165) is 19.3 Å². The molecule has 0 heterocycles. The Morgan fingerprint density at radius 1 is 1.19 bits per heavy atom. The SMILES string of the molecule is CCCC(CC)C(C)C(C(=O)O)C(=O)O.[H-].[Li+]. The predicted molar refractivity (Wildman–Crippen MR) is 57.7 cm³/mol. The Morgan fingerprint density at radius 3 is 1.88 bits per heavy atom. The Labute approximate surface area is 110 Å². The second kappa shape index (κ2) is 8.66. The van der Waals surface area contributed by atoms with Gasteiger partial charge in [0.05, 0.1) is 0 Å². The minimum Gasteiger partial charge on any atom is -1.00 e. The van der Waals surface area contributed by atoms with Crippen LogP contribution in [0.3, 0.4) is 0 Å². The number of carboxylic acids is 2. The van der Waals surface area contributed by atoms with Crippen LogP contribution in [0.2, 0.25) is 0 Å². The van der Waals surface area contributed by atoms with Crippen molar-refractivity contribution in [3.05, 3.63) is 0 Å². The number of carbonyl (C=O) groups is 2. The van der Waals surface area contributed by atoms with E-state index in [1.807, 2.05) is 13.8 Å². The standard InChI is InChI=1S/C11H20O4.Li.H/c1-4-6-8(5-2)7(3)9(10(12)13)11(14)15;;/h7-9H,4-6H2,1-3H3,(H,12,13)(H,14,15);;/q;+1;-1. The van der Waals surface area contributed by atoms with E-state index in [-0.39, 0.29) is 32.1 Å². The second-order valence-electron chi connectivity index (χ2n) is 3.97. The first-order valence-corrected chi connectivity index (χ1v) is 5.41. The van der Waals surface area contributed by atoms with Crippen molar-refractivity contribution in [3.8, 4) is 0 Å². The van der Waals surface area contributed by atoms with Crippen LogP contribution in [0.25, 0.3) is 0 Å². The zero-order valence-electron chi connectivity index (χ0n) is 11.6. The maximum absolute atomic E-state index is 10.8. The summed E-state index contributed by atoms with van der Waals surface area (Å²) in [7, 11) is 0. The molecule has 5 heteroatoms. The summed E-state index contributed by atoms with van der Waals surface area (Å²) in [4.78, 5) is 21.7. The van der Waals surface area contributed by atoms with Crippen molar-refractivity contribution in [1.29, 1.82) is 0 Å². The zero-order chi connectivity index (χ0) is 12.0. The van der Waals surface area contributed by atoms with Crippen LogP contribution in [0, 0.1) is 17.8 Å². The van der Waals surface area contributed by atoms with E-state index in [1.165, 1.54) is 0 Å². The summed E-state index contributed by atoms with van der Waals surface area (Å²) in [6, 6.07) is 0. The summed E-state index contributed by atoms with van der Waals surface area (Å²) in [5, 5.41) is 17.7. The molecule has 0 bridgehead atoms. The fourth-order valence-corrected chi connectivity index (χ4v) is 2.04. The van der Waals surface area contributed by atoms with Gasteiger partial charge < -0.3 is 11.6 Å². The molecule has 0 fully saturated rings. The van der Waals surface area contributed by atoms with Crippen LogP contribution < -0.4 is 18.9 Å². The van der Waals surface area contributed by atoms with Crippen molar-refractivity contribution in [1.82, 2.24) is 0 Å². The van der Waals surface area contributed by atoms with E-state index in [2.05, 4.69) is 0 Å². The van der Waals surface area contributed by atoms with E-state index >= 15 is 0 Å². The van der Waals surface area contributed by atoms with E-state index < -0.39 is 17.9 Å². The van der Waals surface area contributed by atoms with E-state index in [1.54, 1.807) is 6.92 Å². The first kappa shape index (κ1) is 17.9. The molecule has 90 valence electrons. The zero-order valence-corrected chi connectivity index (χ0v) is 10.6. The Bertz CT molecular complexity index is 222. The third-order valence-corrected chi connectivity index (χ3v) is 2.99. The van der Waals surface area contributed by atoms with Gasteiger partial charge in [-0.2, -0.15) is 0 Å². The third-order valence-electron chi connectivity index (χ3n) is 2.99. The molecule has 0 aromatic rings. The Hall–Kier alpha value is -0.463. The molecule has 4 nitrogen and oxygen atoms in total. The van der Waals surface area contributed by atoms with Crippen LogP contribution >= 0.6 is 0 Å². The topological polar surface area (TPSA) is 74.6 Å². The Balaban J connectivity index is -0.000000980. The number of rotatable bonds is 7. The van der Waals surface area contributed by atoms with Crippen LogP contribution in [0.15, 0.2) is 0 Å². The van der Waals surface area contributed by atoms with Gasteiger partial charge in [-0.1, -0.05) is 40.0 Å². The van der Waals surface area contributed by atoms with Gasteiger partial charge in [0.15, 0.2) is 5.92 Å². The Morgan fingerprint density at radius 2 is 1.62 bits per heavy atom. The van der Waals surface area contributed by atoms with Crippen LogP contribution in [0.5, 0.6) is 0 Å². The summed E-state index contributed by atoms with van der Waals surface area (Å²) in [5.41, 5.74) is 0. The van der Waals surface area contributed by atoms with Crippen molar-refractivity contribution in [3.63, 3.8) is 0 Å². The van der Waals surface area contributed by atoms with Gasteiger partial charge in [0, 0.05) is 0 Å². The van der Waals surface area contributed by atoms with Gasteiger partial charge in [-0.3, -0.25) is 9.59 Å². The molecule has 0 saturated carbocycles. The summed E-state index contributed by atoms with van der Waals surface area (Å²) in [5.74, 6) is -3.88. The van der Waals surface area contributed by atoms with Crippen LogP contribution in [-0.4, -0.2) is 22.2 Å². The molecular weight excluding hydrogens is 203 g/mol. The van der Waals surface area contributed by atoms with Crippen molar-refractivity contribution >= 4 is 11.9 Å². The monoisotopic (exact) mass is 224 g/mol. The van der Waals surface area contributed by atoms with Gasteiger partial charge in [-0.25, -0.2) is 0 Å². The van der Waals surface area contributed by atoms with Crippen LogP contribution in [0.4, 0.5) is 0 Å². The van der Waals surface area contributed by atoms with Crippen molar-refractivity contribution in [2.45, 2.75) is 40.0 Å². The molecule has 0 aromatic carbocycles. The number of hydrogen-bond donors (Lipinski definition) is 2. The quantitative estimate of drug-likeness (QED) is 0.445. The minimum absolute atomic E-state index is 0. The first-order chi connectivity index (χ1) is 6.95. The number of carboxylic acid groups (broad SMARTS) is 2. The molecule has 2 atom stereocenters. The summed E-state index contributed by atoms with van der Waals surface area (Å²) in [6.45, 7) is 5.71. The molecule has 0 aliphatic heterocycles. The molecule has 0 amide bonds. The largest absolute Gasteiger partial charge is 1.00 e. The van der Waals surface area contributed by atoms with Crippen LogP contribution in [-0.2, 0) is 9.59 Å². The van der Waals surface area contributed by atoms with Crippen molar-refractivity contribution < 1.29 is 40.1 Å². The van der Waals surface area contributed by atoms with E-state index in [0.29, 0.717) is 0 Å². The maximum Gasteiger partial charge on any atom is 1.00 e. The summed E-state index contributed by atoms with van der Waals surface area (Å²) < 4.78 is 0. The molecule has 16 heavy (non-hydrogen) atoms. The number of hydrogen-bond acceptors (Lipinski definition) is 2. The summed E-state index contributed by atoms with van der Waals surface area (Å²) >= 11 is 0. The fraction of sp³-hybridized carbons (Fsp3) is 0.818. The summed E-state index contributed by atoms with van der Waals surface area (Å²) in [6.07, 6.45) is 2.66. The van der Waals surface area contributed by atoms with Crippen LogP contribution in [0.1, 0.15) is 41.5 Å². The van der Waals surface area contributed by atoms with E-state index in [4.69, 9.17) is 10.2 Å².